The van der Waals surface area contributed by atoms with Crippen LogP contribution in [0.25, 0.3) is 6.08 Å². The third kappa shape index (κ3) is 4.71. The quantitative estimate of drug-likeness (QED) is 0.500. The van der Waals surface area contributed by atoms with Gasteiger partial charge < -0.3 is 9.47 Å². The van der Waals surface area contributed by atoms with Crippen LogP contribution >= 0.6 is 15.9 Å². The number of carbonyl (C=O) groups is 3. The molecule has 1 heterocycles. The van der Waals surface area contributed by atoms with Gasteiger partial charge in [0.1, 0.15) is 17.1 Å². The molecule has 1 aliphatic rings. The minimum Gasteiger partial charge on any atom is -0.494 e. The summed E-state index contributed by atoms with van der Waals surface area (Å²) in [5, 5.41) is 2.21. The molecule has 0 aliphatic carbocycles. The second-order valence-electron chi connectivity index (χ2n) is 6.74. The van der Waals surface area contributed by atoms with Crippen LogP contribution in [0, 0.1) is 0 Å². The largest absolute Gasteiger partial charge is 0.494 e. The van der Waals surface area contributed by atoms with Gasteiger partial charge in [-0.1, -0.05) is 6.07 Å². The molecular weight excluding hydrogens is 452 g/mol. The molecule has 4 amide bonds. The van der Waals surface area contributed by atoms with E-state index in [9.17, 15) is 14.4 Å². The highest BCUT2D eigenvalue weighted by Crippen LogP contribution is 2.29. The number of amides is 4. The predicted molar refractivity (Wildman–Crippen MR) is 117 cm³/mol. The van der Waals surface area contributed by atoms with Gasteiger partial charge in [-0.05, 0) is 84.7 Å². The number of halogens is 1. The number of benzene rings is 2. The van der Waals surface area contributed by atoms with Gasteiger partial charge in [-0.25, -0.2) is 9.69 Å². The fourth-order valence-electron chi connectivity index (χ4n) is 2.87. The zero-order valence-corrected chi connectivity index (χ0v) is 18.4. The zero-order valence-electron chi connectivity index (χ0n) is 16.8. The van der Waals surface area contributed by atoms with Crippen molar-refractivity contribution < 1.29 is 23.9 Å². The Bertz CT molecular complexity index is 1010. The summed E-state index contributed by atoms with van der Waals surface area (Å²) < 4.78 is 11.7. The van der Waals surface area contributed by atoms with Crippen LogP contribution in [-0.4, -0.2) is 30.6 Å². The van der Waals surface area contributed by atoms with Crippen molar-refractivity contribution in [2.75, 3.05) is 11.5 Å². The second-order valence-corrected chi connectivity index (χ2v) is 7.60. The molecule has 7 nitrogen and oxygen atoms in total. The summed E-state index contributed by atoms with van der Waals surface area (Å²) in [6, 6.07) is 10.9. The van der Waals surface area contributed by atoms with Crippen LogP contribution in [-0.2, 0) is 9.59 Å². The lowest BCUT2D eigenvalue weighted by Gasteiger charge is -2.26. The van der Waals surface area contributed by atoms with E-state index >= 15 is 0 Å². The van der Waals surface area contributed by atoms with E-state index in [0.717, 1.165) is 4.90 Å². The Morgan fingerprint density at radius 2 is 1.80 bits per heavy atom. The number of carbonyl (C=O) groups excluding carboxylic acids is 3. The van der Waals surface area contributed by atoms with Crippen LogP contribution in [0.5, 0.6) is 11.5 Å². The maximum absolute atomic E-state index is 13.0. The van der Waals surface area contributed by atoms with E-state index < -0.39 is 17.8 Å². The SMILES string of the molecule is CCOc1ccc(N2C(=O)NC(=O)/C(=C\c3ccc(OC(C)C)c(Br)c3)C2=O)cc1. The van der Waals surface area contributed by atoms with Crippen LogP contribution < -0.4 is 19.7 Å². The van der Waals surface area contributed by atoms with Crippen molar-refractivity contribution in [3.05, 3.63) is 58.1 Å². The topological polar surface area (TPSA) is 84.9 Å². The molecule has 3 rings (SSSR count). The number of nitrogens with one attached hydrogen (secondary N) is 1. The van der Waals surface area contributed by atoms with Gasteiger partial charge in [-0.3, -0.25) is 14.9 Å². The van der Waals surface area contributed by atoms with Crippen molar-refractivity contribution in [1.29, 1.82) is 0 Å². The van der Waals surface area contributed by atoms with Gasteiger partial charge in [-0.15, -0.1) is 0 Å². The Morgan fingerprint density at radius 3 is 2.40 bits per heavy atom. The molecule has 0 unspecified atom stereocenters. The minimum absolute atomic E-state index is 0.00453. The fourth-order valence-corrected chi connectivity index (χ4v) is 3.36. The summed E-state index contributed by atoms with van der Waals surface area (Å²) in [6.45, 7) is 6.19. The van der Waals surface area contributed by atoms with Crippen molar-refractivity contribution >= 4 is 45.5 Å². The number of barbiturate groups is 1. The molecular formula is C22H21BrN2O5. The standard InChI is InChI=1S/C22H21BrN2O5/c1-4-29-16-8-6-15(7-9-16)25-21(27)17(20(26)24-22(25)28)11-14-5-10-19(18(23)12-14)30-13(2)3/h5-13H,4H2,1-3H3,(H,24,26,28)/b17-11+. The number of urea groups is 1. The number of hydrogen-bond donors (Lipinski definition) is 1. The number of anilines is 1. The molecule has 0 aromatic heterocycles. The Morgan fingerprint density at radius 1 is 1.10 bits per heavy atom. The van der Waals surface area contributed by atoms with E-state index in [2.05, 4.69) is 21.2 Å². The first-order valence-electron chi connectivity index (χ1n) is 9.40. The van der Waals surface area contributed by atoms with Crippen LogP contribution in [0.3, 0.4) is 0 Å². The second kappa shape index (κ2) is 9.13. The molecule has 2 aromatic rings. The Labute approximate surface area is 182 Å². The van der Waals surface area contributed by atoms with Gasteiger partial charge in [0, 0.05) is 0 Å². The first kappa shape index (κ1) is 21.6. The lowest BCUT2D eigenvalue weighted by Crippen LogP contribution is -2.54. The summed E-state index contributed by atoms with van der Waals surface area (Å²) in [6.07, 6.45) is 1.44. The number of hydrogen-bond acceptors (Lipinski definition) is 5. The first-order chi connectivity index (χ1) is 14.3. The van der Waals surface area contributed by atoms with E-state index in [-0.39, 0.29) is 11.7 Å². The van der Waals surface area contributed by atoms with E-state index in [1.807, 2.05) is 20.8 Å². The van der Waals surface area contributed by atoms with Gasteiger partial charge in [0.05, 0.1) is 22.9 Å². The third-order valence-corrected chi connectivity index (χ3v) is 4.76. The minimum atomic E-state index is -0.798. The van der Waals surface area contributed by atoms with Crippen molar-refractivity contribution in [2.24, 2.45) is 0 Å². The van der Waals surface area contributed by atoms with Crippen LogP contribution in [0.2, 0.25) is 0 Å². The summed E-state index contributed by atoms with van der Waals surface area (Å²) >= 11 is 3.43. The molecule has 1 N–H and O–H groups in total. The van der Waals surface area contributed by atoms with Gasteiger partial charge in [0.2, 0.25) is 0 Å². The molecule has 30 heavy (non-hydrogen) atoms. The molecule has 0 saturated carbocycles. The van der Waals surface area contributed by atoms with Gasteiger partial charge in [0.25, 0.3) is 11.8 Å². The lowest BCUT2D eigenvalue weighted by atomic mass is 10.1. The number of nitrogens with zero attached hydrogens (tertiary/aromatic N) is 1. The van der Waals surface area contributed by atoms with Crippen molar-refractivity contribution in [3.8, 4) is 11.5 Å². The van der Waals surface area contributed by atoms with E-state index in [1.165, 1.54) is 6.08 Å². The highest BCUT2D eigenvalue weighted by Gasteiger charge is 2.36. The van der Waals surface area contributed by atoms with Gasteiger partial charge >= 0.3 is 6.03 Å². The van der Waals surface area contributed by atoms with Gasteiger partial charge in [-0.2, -0.15) is 0 Å². The molecule has 1 aliphatic heterocycles. The number of imide groups is 2. The molecule has 2 aromatic carbocycles. The summed E-state index contributed by atoms with van der Waals surface area (Å²) in [5.41, 5.74) is 0.798. The number of rotatable bonds is 6. The van der Waals surface area contributed by atoms with E-state index in [4.69, 9.17) is 9.47 Å². The van der Waals surface area contributed by atoms with Crippen LogP contribution in [0.4, 0.5) is 10.5 Å². The van der Waals surface area contributed by atoms with Crippen LogP contribution in [0.1, 0.15) is 26.3 Å². The molecule has 0 spiro atoms. The number of ether oxygens (including phenoxy) is 2. The highest BCUT2D eigenvalue weighted by atomic mass is 79.9. The maximum Gasteiger partial charge on any atom is 0.335 e. The lowest BCUT2D eigenvalue weighted by molar-refractivity contribution is -0.122. The van der Waals surface area contributed by atoms with Crippen LogP contribution in [0.15, 0.2) is 52.5 Å². The van der Waals surface area contributed by atoms with Gasteiger partial charge in [0.15, 0.2) is 0 Å². The van der Waals surface area contributed by atoms with Crippen molar-refractivity contribution in [3.63, 3.8) is 0 Å². The zero-order chi connectivity index (χ0) is 21.8. The fraction of sp³-hybridized carbons (Fsp3) is 0.227. The average molecular weight is 473 g/mol. The molecule has 8 heteroatoms. The molecule has 0 bridgehead atoms. The summed E-state index contributed by atoms with van der Waals surface area (Å²) in [5.74, 6) is -0.179. The summed E-state index contributed by atoms with van der Waals surface area (Å²) in [7, 11) is 0. The maximum atomic E-state index is 13.0. The molecule has 1 fully saturated rings. The monoisotopic (exact) mass is 472 g/mol. The molecule has 0 radical (unpaired) electrons. The molecule has 1 saturated heterocycles. The highest BCUT2D eigenvalue weighted by molar-refractivity contribution is 9.10. The Kier molecular flexibility index (Phi) is 6.56. The Hall–Kier alpha value is -3.13. The first-order valence-corrected chi connectivity index (χ1v) is 10.2. The Balaban J connectivity index is 1.91. The normalized spacial score (nSPS) is 15.6. The predicted octanol–water partition coefficient (Wildman–Crippen LogP) is 4.30. The van der Waals surface area contributed by atoms with Crippen molar-refractivity contribution in [2.45, 2.75) is 26.9 Å². The smallest absolute Gasteiger partial charge is 0.335 e. The van der Waals surface area contributed by atoms with E-state index in [1.54, 1.807) is 42.5 Å². The molecule has 0 atom stereocenters. The van der Waals surface area contributed by atoms with E-state index in [0.29, 0.717) is 33.8 Å². The average Bonchev–Trinajstić information content (AvgIpc) is 2.68. The molecule has 156 valence electrons. The van der Waals surface area contributed by atoms with Crippen molar-refractivity contribution in [1.82, 2.24) is 5.32 Å². The third-order valence-electron chi connectivity index (χ3n) is 4.14. The summed E-state index contributed by atoms with van der Waals surface area (Å²) in [4.78, 5) is 38.5.